The first-order valence-corrected chi connectivity index (χ1v) is 9.72. The summed E-state index contributed by atoms with van der Waals surface area (Å²) in [4.78, 5) is 31.1. The van der Waals surface area contributed by atoms with E-state index in [0.717, 1.165) is 32.2 Å². The first-order valence-electron chi connectivity index (χ1n) is 9.72. The Kier molecular flexibility index (Phi) is 6.27. The number of nitrogens with zero attached hydrogens (tertiary/aromatic N) is 3. The molecule has 0 saturated carbocycles. The Morgan fingerprint density at radius 1 is 1.11 bits per heavy atom. The van der Waals surface area contributed by atoms with E-state index < -0.39 is 5.91 Å². The van der Waals surface area contributed by atoms with Gasteiger partial charge in [-0.05, 0) is 18.9 Å². The van der Waals surface area contributed by atoms with Crippen molar-refractivity contribution in [2.24, 2.45) is 5.92 Å². The van der Waals surface area contributed by atoms with E-state index in [9.17, 15) is 14.7 Å². The van der Waals surface area contributed by atoms with Gasteiger partial charge in [0.2, 0.25) is 5.78 Å². The first kappa shape index (κ1) is 19.1. The van der Waals surface area contributed by atoms with Crippen LogP contribution in [0.15, 0.2) is 43.0 Å². The summed E-state index contributed by atoms with van der Waals surface area (Å²) in [6.45, 7) is 3.32. The Bertz CT molecular complexity index is 773. The fraction of sp³-hybridized carbons (Fsp3) is 0.476. The van der Waals surface area contributed by atoms with E-state index in [-0.39, 0.29) is 23.5 Å². The number of likely N-dealkylation sites (tertiary alicyclic amines) is 1. The van der Waals surface area contributed by atoms with Crippen LogP contribution >= 0.6 is 0 Å². The van der Waals surface area contributed by atoms with Crippen LogP contribution in [0.3, 0.4) is 0 Å². The highest BCUT2D eigenvalue weighted by atomic mass is 16.3. The Morgan fingerprint density at radius 3 is 2.63 bits per heavy atom. The zero-order chi connectivity index (χ0) is 19.2. The Balaban J connectivity index is 1.80. The fourth-order valence-electron chi connectivity index (χ4n) is 3.90. The standard InChI is InChI=1S/C21H27N3O3/c1-2-3-4-9-17-19(16-8-5-6-10-18(16)25)24(21(27)20(17)26)13-7-12-23-14-11-22-15-23/h5-6,8,10-11,14-15,17,19,25H,2-4,7,9,12-13H2,1H3. The van der Waals surface area contributed by atoms with Crippen LogP contribution in [0, 0.1) is 5.92 Å². The molecule has 0 bridgehead atoms. The number of phenols is 1. The number of para-hydroxylation sites is 1. The second-order valence-corrected chi connectivity index (χ2v) is 7.12. The fourth-order valence-corrected chi connectivity index (χ4v) is 3.90. The number of aromatic hydroxyl groups is 1. The maximum absolute atomic E-state index is 12.7. The number of imidazole rings is 1. The van der Waals surface area contributed by atoms with Crippen molar-refractivity contribution < 1.29 is 14.7 Å². The molecule has 1 fully saturated rings. The molecule has 6 heteroatoms. The summed E-state index contributed by atoms with van der Waals surface area (Å²) in [7, 11) is 0. The highest BCUT2D eigenvalue weighted by Gasteiger charge is 2.47. The predicted octanol–water partition coefficient (Wildman–Crippen LogP) is 3.33. The van der Waals surface area contributed by atoms with Crippen molar-refractivity contribution in [3.05, 3.63) is 48.5 Å². The average Bonchev–Trinajstić information content (AvgIpc) is 3.26. The molecule has 0 radical (unpaired) electrons. The molecule has 27 heavy (non-hydrogen) atoms. The third-order valence-electron chi connectivity index (χ3n) is 5.27. The van der Waals surface area contributed by atoms with E-state index in [2.05, 4.69) is 11.9 Å². The second-order valence-electron chi connectivity index (χ2n) is 7.12. The highest BCUT2D eigenvalue weighted by Crippen LogP contribution is 2.42. The molecule has 1 N–H and O–H groups in total. The maximum atomic E-state index is 12.7. The van der Waals surface area contributed by atoms with Gasteiger partial charge in [0, 0.05) is 31.0 Å². The van der Waals surface area contributed by atoms with Gasteiger partial charge in [-0.2, -0.15) is 0 Å². The van der Waals surface area contributed by atoms with Crippen molar-refractivity contribution in [1.82, 2.24) is 14.5 Å². The lowest BCUT2D eigenvalue weighted by Crippen LogP contribution is -2.31. The lowest BCUT2D eigenvalue weighted by Gasteiger charge is -2.28. The van der Waals surface area contributed by atoms with Gasteiger partial charge >= 0.3 is 0 Å². The largest absolute Gasteiger partial charge is 0.508 e. The van der Waals surface area contributed by atoms with Crippen LogP contribution in [0.2, 0.25) is 0 Å². The molecule has 144 valence electrons. The number of phenolic OH excluding ortho intramolecular Hbond substituents is 1. The SMILES string of the molecule is CCCCCC1C(=O)C(=O)N(CCCn2ccnc2)C1c1ccccc1O. The molecule has 2 aromatic rings. The number of benzene rings is 1. The molecule has 1 aromatic heterocycles. The minimum absolute atomic E-state index is 0.144. The third kappa shape index (κ3) is 4.21. The molecule has 1 aliphatic heterocycles. The van der Waals surface area contributed by atoms with Gasteiger partial charge in [-0.3, -0.25) is 9.59 Å². The van der Waals surface area contributed by atoms with Gasteiger partial charge in [-0.25, -0.2) is 4.98 Å². The third-order valence-corrected chi connectivity index (χ3v) is 5.27. The van der Waals surface area contributed by atoms with Crippen LogP contribution in [0.5, 0.6) is 5.75 Å². The number of hydrogen-bond donors (Lipinski definition) is 1. The van der Waals surface area contributed by atoms with Crippen LogP contribution in [0.4, 0.5) is 0 Å². The molecular formula is C21H27N3O3. The van der Waals surface area contributed by atoms with E-state index >= 15 is 0 Å². The molecule has 1 amide bonds. The number of carbonyl (C=O) groups excluding carboxylic acids is 2. The molecule has 0 spiro atoms. The zero-order valence-electron chi connectivity index (χ0n) is 15.8. The number of ketones is 1. The van der Waals surface area contributed by atoms with Gasteiger partial charge in [0.05, 0.1) is 18.3 Å². The minimum atomic E-state index is -0.421. The Labute approximate surface area is 159 Å². The van der Waals surface area contributed by atoms with Crippen molar-refractivity contribution in [3.8, 4) is 5.75 Å². The van der Waals surface area contributed by atoms with E-state index in [4.69, 9.17) is 0 Å². The van der Waals surface area contributed by atoms with E-state index in [1.165, 1.54) is 0 Å². The van der Waals surface area contributed by atoms with Crippen molar-refractivity contribution in [2.45, 2.75) is 51.6 Å². The summed E-state index contributed by atoms with van der Waals surface area (Å²) >= 11 is 0. The molecule has 6 nitrogen and oxygen atoms in total. The molecule has 2 atom stereocenters. The van der Waals surface area contributed by atoms with Crippen LogP contribution < -0.4 is 0 Å². The summed E-state index contributed by atoms with van der Waals surface area (Å²) < 4.78 is 1.95. The molecule has 2 heterocycles. The van der Waals surface area contributed by atoms with Crippen molar-refractivity contribution in [3.63, 3.8) is 0 Å². The quantitative estimate of drug-likeness (QED) is 0.543. The summed E-state index contributed by atoms with van der Waals surface area (Å²) in [6.07, 6.45) is 9.75. The number of unbranched alkanes of at least 4 members (excludes halogenated alkanes) is 2. The van der Waals surface area contributed by atoms with Gasteiger partial charge < -0.3 is 14.6 Å². The summed E-state index contributed by atoms with van der Waals surface area (Å²) in [6, 6.07) is 6.66. The maximum Gasteiger partial charge on any atom is 0.290 e. The molecule has 1 aromatic carbocycles. The molecule has 2 unspecified atom stereocenters. The van der Waals surface area contributed by atoms with E-state index in [0.29, 0.717) is 18.5 Å². The Hall–Kier alpha value is -2.63. The molecule has 0 aliphatic carbocycles. The first-order chi connectivity index (χ1) is 13.1. The minimum Gasteiger partial charge on any atom is -0.508 e. The topological polar surface area (TPSA) is 75.4 Å². The van der Waals surface area contributed by atoms with Crippen LogP contribution in [0.25, 0.3) is 0 Å². The second kappa shape index (κ2) is 8.84. The smallest absolute Gasteiger partial charge is 0.290 e. The van der Waals surface area contributed by atoms with Crippen molar-refractivity contribution in [1.29, 1.82) is 0 Å². The van der Waals surface area contributed by atoms with Gasteiger partial charge in [-0.1, -0.05) is 44.4 Å². The highest BCUT2D eigenvalue weighted by molar-refractivity contribution is 6.39. The normalized spacial score (nSPS) is 19.8. The molecule has 1 saturated heterocycles. The number of Topliss-reactive ketones (excluding diaryl/α,β-unsaturated/α-hetero) is 1. The van der Waals surface area contributed by atoms with Crippen molar-refractivity contribution in [2.75, 3.05) is 6.54 Å². The Morgan fingerprint density at radius 2 is 1.93 bits per heavy atom. The summed E-state index contributed by atoms with van der Waals surface area (Å²) in [5.74, 6) is -0.979. The molecule has 3 rings (SSSR count). The van der Waals surface area contributed by atoms with Gasteiger partial charge in [-0.15, -0.1) is 0 Å². The van der Waals surface area contributed by atoms with E-state index in [1.807, 2.05) is 22.9 Å². The molecular weight excluding hydrogens is 342 g/mol. The zero-order valence-corrected chi connectivity index (χ0v) is 15.8. The lowest BCUT2D eigenvalue weighted by molar-refractivity contribution is -0.141. The number of hydrogen-bond acceptors (Lipinski definition) is 4. The number of amides is 1. The van der Waals surface area contributed by atoms with Crippen LogP contribution in [-0.4, -0.2) is 37.8 Å². The summed E-state index contributed by atoms with van der Waals surface area (Å²) in [5, 5.41) is 10.4. The number of aryl methyl sites for hydroxylation is 1. The van der Waals surface area contributed by atoms with Crippen LogP contribution in [0.1, 0.15) is 50.6 Å². The van der Waals surface area contributed by atoms with E-state index in [1.54, 1.807) is 29.6 Å². The van der Waals surface area contributed by atoms with Crippen molar-refractivity contribution >= 4 is 11.7 Å². The number of rotatable bonds is 9. The number of carbonyl (C=O) groups is 2. The van der Waals surface area contributed by atoms with Crippen LogP contribution in [-0.2, 0) is 16.1 Å². The predicted molar refractivity (Wildman–Crippen MR) is 102 cm³/mol. The van der Waals surface area contributed by atoms with Gasteiger partial charge in [0.1, 0.15) is 5.75 Å². The lowest BCUT2D eigenvalue weighted by atomic mass is 9.88. The average molecular weight is 369 g/mol. The van der Waals surface area contributed by atoms with Gasteiger partial charge in [0.25, 0.3) is 5.91 Å². The molecule has 1 aliphatic rings. The number of aromatic nitrogens is 2. The summed E-state index contributed by atoms with van der Waals surface area (Å²) in [5.41, 5.74) is 0.667. The monoisotopic (exact) mass is 369 g/mol. The van der Waals surface area contributed by atoms with Gasteiger partial charge in [0.15, 0.2) is 0 Å².